The average Bonchev–Trinajstić information content (AvgIpc) is 3.03. The molecule has 0 saturated carbocycles. The van der Waals surface area contributed by atoms with Crippen molar-refractivity contribution in [3.05, 3.63) is 57.1 Å². The highest BCUT2D eigenvalue weighted by atomic mass is 32.2. The summed E-state index contributed by atoms with van der Waals surface area (Å²) in [6.45, 7) is 4.28. The standard InChI is InChI=1S/C32H46F3N7O2S/c1-45(44)41-19-17-40(18-20-41)27-21-25-29(36)38-22-23-9-8-10-26(28(23)33)32(34,35)24-11-15-39(16-12-24)13-6-4-2-3-5-7-14-42(30(25)37)31(27)43/h8-10,21,24H,2-7,11-20,22,37H2,1H3,(H2,36,38). The van der Waals surface area contributed by atoms with E-state index >= 15 is 13.2 Å². The number of pyridine rings is 1. The summed E-state index contributed by atoms with van der Waals surface area (Å²) in [5.74, 6) is -5.02. The van der Waals surface area contributed by atoms with E-state index in [0.29, 0.717) is 69.9 Å². The Morgan fingerprint density at radius 2 is 1.56 bits per heavy atom. The highest BCUT2D eigenvalue weighted by Crippen LogP contribution is 2.43. The fourth-order valence-electron chi connectivity index (χ4n) is 6.77. The number of benzene rings is 1. The number of hydrogen-bond acceptors (Lipinski definition) is 7. The zero-order valence-corrected chi connectivity index (χ0v) is 27.0. The molecule has 2 fully saturated rings. The van der Waals surface area contributed by atoms with Crippen LogP contribution in [0.5, 0.6) is 0 Å². The van der Waals surface area contributed by atoms with Crippen molar-refractivity contribution >= 4 is 28.3 Å². The zero-order chi connectivity index (χ0) is 32.1. The number of fused-ring (bicyclic) bond motifs is 10. The van der Waals surface area contributed by atoms with Gasteiger partial charge >= 0.3 is 0 Å². The molecule has 2 aromatic rings. The lowest BCUT2D eigenvalue weighted by molar-refractivity contribution is -0.0880. The summed E-state index contributed by atoms with van der Waals surface area (Å²) < 4.78 is 62.4. The zero-order valence-electron chi connectivity index (χ0n) is 26.2. The van der Waals surface area contributed by atoms with Gasteiger partial charge in [-0.25, -0.2) is 21.7 Å². The van der Waals surface area contributed by atoms with E-state index in [1.165, 1.54) is 22.8 Å². The molecule has 0 radical (unpaired) electrons. The number of aliphatic imine (C=N–C) groups is 1. The van der Waals surface area contributed by atoms with Gasteiger partial charge in [0, 0.05) is 50.5 Å². The van der Waals surface area contributed by atoms with E-state index in [0.717, 1.165) is 45.1 Å². The number of rotatable bonds is 2. The molecular formula is C32H46F3N7O2S. The lowest BCUT2D eigenvalue weighted by Gasteiger charge is -2.36. The number of hydrogen-bond donors (Lipinski definition) is 2. The molecule has 0 spiro atoms. The SMILES string of the molecule is CS(=O)N1CCN(c2cc3c(N)n(c2=O)CCCCCCCCN2CCC(CC2)C(F)(F)c2cccc(c2F)CN=C3N)CC1. The topological polar surface area (TPSA) is 113 Å². The summed E-state index contributed by atoms with van der Waals surface area (Å²) in [5, 5.41) is 0. The van der Waals surface area contributed by atoms with Crippen molar-refractivity contribution in [3.8, 4) is 0 Å². The molecule has 6 bridgehead atoms. The molecule has 13 heteroatoms. The van der Waals surface area contributed by atoms with Gasteiger partial charge in [0.05, 0.1) is 28.7 Å². The van der Waals surface area contributed by atoms with Crippen LogP contribution < -0.4 is 21.9 Å². The third kappa shape index (κ3) is 7.57. The Balaban J connectivity index is 1.48. The van der Waals surface area contributed by atoms with Gasteiger partial charge in [-0.15, -0.1) is 0 Å². The van der Waals surface area contributed by atoms with Gasteiger partial charge in [-0.3, -0.25) is 14.4 Å². The maximum absolute atomic E-state index is 15.7. The third-order valence-corrected chi connectivity index (χ3v) is 10.7. The molecule has 2 saturated heterocycles. The predicted molar refractivity (Wildman–Crippen MR) is 175 cm³/mol. The Hall–Kier alpha value is -2.90. The van der Waals surface area contributed by atoms with Crippen LogP contribution in [0.15, 0.2) is 34.1 Å². The van der Waals surface area contributed by atoms with Gasteiger partial charge < -0.3 is 21.3 Å². The number of nitrogens with zero attached hydrogens (tertiary/aromatic N) is 5. The van der Waals surface area contributed by atoms with E-state index in [1.807, 2.05) is 9.21 Å². The lowest BCUT2D eigenvalue weighted by Crippen LogP contribution is -2.48. The fraction of sp³-hybridized carbons (Fsp3) is 0.625. The molecule has 45 heavy (non-hydrogen) atoms. The minimum Gasteiger partial charge on any atom is -0.384 e. The number of halogens is 3. The number of nitrogens with two attached hydrogens (primary N) is 2. The normalized spacial score (nSPS) is 24.7. The molecule has 0 amide bonds. The van der Waals surface area contributed by atoms with Crippen LogP contribution in [-0.2, 0) is 30.0 Å². The van der Waals surface area contributed by atoms with Gasteiger partial charge in [-0.2, -0.15) is 0 Å². The van der Waals surface area contributed by atoms with Crippen molar-refractivity contribution in [1.29, 1.82) is 0 Å². The van der Waals surface area contributed by atoms with Crippen LogP contribution in [0.2, 0.25) is 0 Å². The molecule has 4 N–H and O–H groups in total. The Morgan fingerprint density at radius 1 is 0.911 bits per heavy atom. The summed E-state index contributed by atoms with van der Waals surface area (Å²) in [5.41, 5.74) is 12.9. The summed E-state index contributed by atoms with van der Waals surface area (Å²) in [4.78, 5) is 22.3. The predicted octanol–water partition coefficient (Wildman–Crippen LogP) is 4.05. The fourth-order valence-corrected chi connectivity index (χ4v) is 7.45. The number of piperidine rings is 1. The molecule has 5 heterocycles. The van der Waals surface area contributed by atoms with Crippen LogP contribution in [0.4, 0.5) is 24.7 Å². The molecule has 1 aromatic carbocycles. The second-order valence-electron chi connectivity index (χ2n) is 12.5. The van der Waals surface area contributed by atoms with E-state index < -0.39 is 34.2 Å². The van der Waals surface area contributed by atoms with Gasteiger partial charge in [0.1, 0.15) is 23.2 Å². The van der Waals surface area contributed by atoms with E-state index in [1.54, 1.807) is 12.3 Å². The van der Waals surface area contributed by atoms with Gasteiger partial charge in [0.15, 0.2) is 0 Å². The number of amidine groups is 1. The van der Waals surface area contributed by atoms with Gasteiger partial charge in [-0.1, -0.05) is 43.9 Å². The van der Waals surface area contributed by atoms with E-state index in [4.69, 9.17) is 11.5 Å². The number of aromatic nitrogens is 1. The molecular weight excluding hydrogens is 603 g/mol. The van der Waals surface area contributed by atoms with Gasteiger partial charge in [0.25, 0.3) is 11.5 Å². The second kappa shape index (κ2) is 14.7. The van der Waals surface area contributed by atoms with Crippen molar-refractivity contribution < 1.29 is 17.4 Å². The summed E-state index contributed by atoms with van der Waals surface area (Å²) >= 11 is 0. The molecule has 6 rings (SSSR count). The summed E-state index contributed by atoms with van der Waals surface area (Å²) in [7, 11) is -1.10. The number of nitrogen functional groups attached to an aromatic ring is 1. The van der Waals surface area contributed by atoms with Gasteiger partial charge in [0.2, 0.25) is 0 Å². The minimum atomic E-state index is -3.30. The van der Waals surface area contributed by atoms with E-state index in [2.05, 4.69) is 9.89 Å². The van der Waals surface area contributed by atoms with Crippen LogP contribution in [0.3, 0.4) is 0 Å². The van der Waals surface area contributed by atoms with Crippen molar-refractivity contribution in [3.63, 3.8) is 0 Å². The highest BCUT2D eigenvalue weighted by molar-refractivity contribution is 7.81. The summed E-state index contributed by atoms with van der Waals surface area (Å²) in [6.07, 6.45) is 8.14. The lowest BCUT2D eigenvalue weighted by atomic mass is 9.85. The minimum absolute atomic E-state index is 0.00174. The first-order chi connectivity index (χ1) is 21.6. The van der Waals surface area contributed by atoms with Crippen molar-refractivity contribution in [1.82, 2.24) is 13.8 Å². The monoisotopic (exact) mass is 649 g/mol. The first kappa shape index (κ1) is 33.5. The van der Waals surface area contributed by atoms with Crippen LogP contribution in [0, 0.1) is 11.7 Å². The second-order valence-corrected chi connectivity index (χ2v) is 13.8. The maximum atomic E-state index is 15.7. The van der Waals surface area contributed by atoms with Crippen LogP contribution in [0.25, 0.3) is 0 Å². The molecule has 1 unspecified atom stereocenters. The van der Waals surface area contributed by atoms with E-state index in [9.17, 15) is 9.00 Å². The third-order valence-electron chi connectivity index (χ3n) is 9.59. The summed E-state index contributed by atoms with van der Waals surface area (Å²) in [6, 6.07) is 5.68. The molecule has 4 aliphatic rings. The van der Waals surface area contributed by atoms with Crippen molar-refractivity contribution in [2.24, 2.45) is 16.6 Å². The van der Waals surface area contributed by atoms with Gasteiger partial charge in [-0.05, 0) is 51.4 Å². The molecule has 248 valence electrons. The molecule has 4 aliphatic heterocycles. The van der Waals surface area contributed by atoms with Crippen LogP contribution in [0.1, 0.15) is 68.1 Å². The van der Waals surface area contributed by atoms with Crippen molar-refractivity contribution in [2.45, 2.75) is 70.4 Å². The number of anilines is 2. The van der Waals surface area contributed by atoms with Crippen LogP contribution >= 0.6 is 0 Å². The Labute approximate surface area is 266 Å². The molecule has 0 aliphatic carbocycles. The maximum Gasteiger partial charge on any atom is 0.278 e. The quantitative estimate of drug-likeness (QED) is 0.508. The first-order valence-corrected chi connectivity index (χ1v) is 17.6. The Bertz CT molecular complexity index is 1450. The molecule has 9 nitrogen and oxygen atoms in total. The smallest absolute Gasteiger partial charge is 0.278 e. The van der Waals surface area contributed by atoms with Crippen molar-refractivity contribution in [2.75, 3.05) is 62.7 Å². The highest BCUT2D eigenvalue weighted by Gasteiger charge is 2.44. The average molecular weight is 650 g/mol. The molecule has 1 aromatic heterocycles. The Kier molecular flexibility index (Phi) is 10.9. The first-order valence-electron chi connectivity index (χ1n) is 16.1. The number of piperazine rings is 1. The Morgan fingerprint density at radius 3 is 2.22 bits per heavy atom. The van der Waals surface area contributed by atoms with E-state index in [-0.39, 0.29) is 29.3 Å². The van der Waals surface area contributed by atoms with Crippen LogP contribution in [-0.4, -0.2) is 75.9 Å². The molecule has 1 atom stereocenters. The largest absolute Gasteiger partial charge is 0.384 e. The number of alkyl halides is 2.